The summed E-state index contributed by atoms with van der Waals surface area (Å²) in [6.45, 7) is 2.04. The molecule has 0 saturated heterocycles. The molecule has 28 heavy (non-hydrogen) atoms. The van der Waals surface area contributed by atoms with E-state index in [2.05, 4.69) is 29.7 Å². The zero-order valence-electron chi connectivity index (χ0n) is 16.1. The number of methoxy groups -OCH3 is 1. The van der Waals surface area contributed by atoms with Crippen molar-refractivity contribution in [1.82, 2.24) is 0 Å². The van der Waals surface area contributed by atoms with Crippen LogP contribution in [0.25, 0.3) is 0 Å². The number of nitrogens with one attached hydrogen (secondary N) is 2. The van der Waals surface area contributed by atoms with Crippen LogP contribution in [0.5, 0.6) is 11.5 Å². The van der Waals surface area contributed by atoms with Crippen molar-refractivity contribution in [1.29, 1.82) is 0 Å². The van der Waals surface area contributed by atoms with Crippen molar-refractivity contribution in [2.75, 3.05) is 24.4 Å². The standard InChI is InChI=1S/C23H24N2O3/c1-3-17-8-4-5-9-20(17)24-18-12-14-19(15-13-18)25-23(26)16-28-22-11-7-6-10-21(22)27-2/h4-15,24H,3,16H2,1-2H3,(H,25,26). The number of carbonyl (C=O) groups is 1. The lowest BCUT2D eigenvalue weighted by atomic mass is 10.1. The lowest BCUT2D eigenvalue weighted by Crippen LogP contribution is -2.20. The fourth-order valence-electron chi connectivity index (χ4n) is 2.82. The molecule has 0 saturated carbocycles. The van der Waals surface area contributed by atoms with Crippen molar-refractivity contribution >= 4 is 23.0 Å². The van der Waals surface area contributed by atoms with Gasteiger partial charge in [-0.25, -0.2) is 0 Å². The number of benzene rings is 3. The summed E-state index contributed by atoms with van der Waals surface area (Å²) < 4.78 is 10.8. The van der Waals surface area contributed by atoms with Crippen LogP contribution in [0.15, 0.2) is 72.8 Å². The smallest absolute Gasteiger partial charge is 0.262 e. The number of rotatable bonds is 8. The van der Waals surface area contributed by atoms with E-state index in [0.717, 1.165) is 17.8 Å². The molecular formula is C23H24N2O3. The Hall–Kier alpha value is -3.47. The summed E-state index contributed by atoms with van der Waals surface area (Å²) in [5.41, 5.74) is 4.02. The van der Waals surface area contributed by atoms with Crippen LogP contribution in [0.2, 0.25) is 0 Å². The molecule has 2 N–H and O–H groups in total. The number of amides is 1. The van der Waals surface area contributed by atoms with E-state index in [1.807, 2.05) is 48.5 Å². The first-order valence-electron chi connectivity index (χ1n) is 9.20. The maximum absolute atomic E-state index is 12.2. The van der Waals surface area contributed by atoms with Crippen LogP contribution in [0, 0.1) is 0 Å². The third-order valence-corrected chi connectivity index (χ3v) is 4.27. The van der Waals surface area contributed by atoms with Gasteiger partial charge in [0.05, 0.1) is 7.11 Å². The molecule has 0 atom stereocenters. The normalized spacial score (nSPS) is 10.2. The highest BCUT2D eigenvalue weighted by atomic mass is 16.5. The van der Waals surface area contributed by atoms with Gasteiger partial charge in [0.25, 0.3) is 5.91 Å². The number of aryl methyl sites for hydroxylation is 1. The molecule has 144 valence electrons. The molecule has 0 unspecified atom stereocenters. The van der Waals surface area contributed by atoms with Gasteiger partial charge in [-0.3, -0.25) is 4.79 Å². The Morgan fingerprint density at radius 3 is 2.21 bits per heavy atom. The molecule has 3 rings (SSSR count). The lowest BCUT2D eigenvalue weighted by molar-refractivity contribution is -0.118. The van der Waals surface area contributed by atoms with Crippen LogP contribution in [0.3, 0.4) is 0 Å². The lowest BCUT2D eigenvalue weighted by Gasteiger charge is -2.12. The van der Waals surface area contributed by atoms with Gasteiger partial charge in [0.1, 0.15) is 0 Å². The highest BCUT2D eigenvalue weighted by Gasteiger charge is 2.07. The Balaban J connectivity index is 1.56. The number of ether oxygens (including phenoxy) is 2. The SMILES string of the molecule is CCc1ccccc1Nc1ccc(NC(=O)COc2ccccc2OC)cc1. The predicted molar refractivity (Wildman–Crippen MR) is 113 cm³/mol. The summed E-state index contributed by atoms with van der Waals surface area (Å²) in [6.07, 6.45) is 0.962. The van der Waals surface area contributed by atoms with Crippen LogP contribution in [-0.2, 0) is 11.2 Å². The Labute approximate surface area is 165 Å². The minimum Gasteiger partial charge on any atom is -0.493 e. The summed E-state index contributed by atoms with van der Waals surface area (Å²) in [5, 5.41) is 6.24. The first-order chi connectivity index (χ1) is 13.7. The van der Waals surface area contributed by atoms with E-state index >= 15 is 0 Å². The summed E-state index contributed by atoms with van der Waals surface area (Å²) in [5.74, 6) is 0.898. The second-order valence-electron chi connectivity index (χ2n) is 6.20. The Morgan fingerprint density at radius 1 is 0.857 bits per heavy atom. The predicted octanol–water partition coefficient (Wildman–Crippen LogP) is 5.02. The monoisotopic (exact) mass is 376 g/mol. The topological polar surface area (TPSA) is 59.6 Å². The summed E-state index contributed by atoms with van der Waals surface area (Å²) in [6, 6.07) is 23.0. The van der Waals surface area contributed by atoms with Crippen LogP contribution in [-0.4, -0.2) is 19.6 Å². The van der Waals surface area contributed by atoms with E-state index in [0.29, 0.717) is 17.2 Å². The Bertz CT molecular complexity index is 923. The van der Waals surface area contributed by atoms with E-state index in [1.165, 1.54) is 5.56 Å². The van der Waals surface area contributed by atoms with Gasteiger partial charge in [-0.1, -0.05) is 37.3 Å². The van der Waals surface area contributed by atoms with Gasteiger partial charge in [-0.2, -0.15) is 0 Å². The molecule has 0 radical (unpaired) electrons. The van der Waals surface area contributed by atoms with Crippen molar-refractivity contribution in [3.63, 3.8) is 0 Å². The first-order valence-corrected chi connectivity index (χ1v) is 9.20. The van der Waals surface area contributed by atoms with Gasteiger partial charge >= 0.3 is 0 Å². The maximum Gasteiger partial charge on any atom is 0.262 e. The summed E-state index contributed by atoms with van der Waals surface area (Å²) >= 11 is 0. The van der Waals surface area contributed by atoms with Crippen molar-refractivity contribution < 1.29 is 14.3 Å². The van der Waals surface area contributed by atoms with Crippen molar-refractivity contribution in [3.05, 3.63) is 78.4 Å². The molecule has 0 aliphatic carbocycles. The van der Waals surface area contributed by atoms with Gasteiger partial charge in [-0.15, -0.1) is 0 Å². The second-order valence-corrected chi connectivity index (χ2v) is 6.20. The fourth-order valence-corrected chi connectivity index (χ4v) is 2.82. The van der Waals surface area contributed by atoms with Crippen LogP contribution < -0.4 is 20.1 Å². The maximum atomic E-state index is 12.2. The van der Waals surface area contributed by atoms with Crippen molar-refractivity contribution in [2.45, 2.75) is 13.3 Å². The molecule has 1 amide bonds. The van der Waals surface area contributed by atoms with Gasteiger partial charge in [0, 0.05) is 17.1 Å². The average Bonchev–Trinajstić information content (AvgIpc) is 2.74. The van der Waals surface area contributed by atoms with E-state index < -0.39 is 0 Å². The van der Waals surface area contributed by atoms with E-state index in [1.54, 1.807) is 19.2 Å². The van der Waals surface area contributed by atoms with Crippen molar-refractivity contribution in [2.24, 2.45) is 0 Å². The van der Waals surface area contributed by atoms with E-state index in [-0.39, 0.29) is 12.5 Å². The first kappa shape index (κ1) is 19.3. The molecule has 3 aromatic carbocycles. The van der Waals surface area contributed by atoms with Gasteiger partial charge < -0.3 is 20.1 Å². The average molecular weight is 376 g/mol. The summed E-state index contributed by atoms with van der Waals surface area (Å²) in [4.78, 5) is 12.2. The third kappa shape index (κ3) is 5.04. The number of anilines is 3. The largest absolute Gasteiger partial charge is 0.493 e. The molecule has 0 aliphatic heterocycles. The second kappa shape index (κ2) is 9.46. The number of hydrogen-bond donors (Lipinski definition) is 2. The molecule has 5 nitrogen and oxygen atoms in total. The van der Waals surface area contributed by atoms with Gasteiger partial charge in [0.2, 0.25) is 0 Å². The van der Waals surface area contributed by atoms with Crippen molar-refractivity contribution in [3.8, 4) is 11.5 Å². The molecular weight excluding hydrogens is 352 g/mol. The highest BCUT2D eigenvalue weighted by molar-refractivity contribution is 5.92. The number of carbonyl (C=O) groups excluding carboxylic acids is 1. The van der Waals surface area contributed by atoms with Gasteiger partial charge in [-0.05, 0) is 54.4 Å². The van der Waals surface area contributed by atoms with Crippen LogP contribution in [0.1, 0.15) is 12.5 Å². The number of hydrogen-bond acceptors (Lipinski definition) is 4. The van der Waals surface area contributed by atoms with E-state index in [9.17, 15) is 4.79 Å². The molecule has 3 aromatic rings. The summed E-state index contributed by atoms with van der Waals surface area (Å²) in [7, 11) is 1.57. The fraction of sp³-hybridized carbons (Fsp3) is 0.174. The van der Waals surface area contributed by atoms with E-state index in [4.69, 9.17) is 9.47 Å². The molecule has 5 heteroatoms. The van der Waals surface area contributed by atoms with Crippen LogP contribution in [0.4, 0.5) is 17.1 Å². The molecule has 0 aromatic heterocycles. The molecule has 0 aliphatic rings. The molecule has 0 spiro atoms. The highest BCUT2D eigenvalue weighted by Crippen LogP contribution is 2.26. The minimum absolute atomic E-state index is 0.0930. The van der Waals surface area contributed by atoms with Gasteiger partial charge in [0.15, 0.2) is 18.1 Å². The third-order valence-electron chi connectivity index (χ3n) is 4.27. The van der Waals surface area contributed by atoms with Crippen LogP contribution >= 0.6 is 0 Å². The quantitative estimate of drug-likeness (QED) is 0.580. The minimum atomic E-state index is -0.233. The Kier molecular flexibility index (Phi) is 6.52. The molecule has 0 fully saturated rings. The number of para-hydroxylation sites is 3. The zero-order chi connectivity index (χ0) is 19.8. The zero-order valence-corrected chi connectivity index (χ0v) is 16.1. The Morgan fingerprint density at radius 2 is 1.50 bits per heavy atom. The molecule has 0 bridgehead atoms. The molecule has 0 heterocycles.